The molecule has 0 bridgehead atoms. The lowest BCUT2D eigenvalue weighted by atomic mass is 10.1. The predicted octanol–water partition coefficient (Wildman–Crippen LogP) is 3.21. The van der Waals surface area contributed by atoms with Gasteiger partial charge in [0, 0.05) is 12.0 Å². The Morgan fingerprint density at radius 2 is 2.25 bits per heavy atom. The SMILES string of the molecule is C#CCn1c(CC)nc(-c2cccc(C3CC3)c2)c1N. The van der Waals surface area contributed by atoms with Gasteiger partial charge < -0.3 is 10.3 Å². The molecule has 2 N–H and O–H groups in total. The number of aryl methyl sites for hydroxylation is 1. The van der Waals surface area contributed by atoms with Crippen molar-refractivity contribution in [1.82, 2.24) is 9.55 Å². The monoisotopic (exact) mass is 265 g/mol. The molecule has 1 saturated carbocycles. The second-order valence-electron chi connectivity index (χ2n) is 5.31. The van der Waals surface area contributed by atoms with Crippen LogP contribution < -0.4 is 5.73 Å². The largest absolute Gasteiger partial charge is 0.383 e. The van der Waals surface area contributed by atoms with Gasteiger partial charge in [-0.25, -0.2) is 4.98 Å². The van der Waals surface area contributed by atoms with E-state index in [-0.39, 0.29) is 0 Å². The van der Waals surface area contributed by atoms with Crippen LogP contribution in [-0.2, 0) is 13.0 Å². The van der Waals surface area contributed by atoms with Crippen LogP contribution in [0.4, 0.5) is 5.82 Å². The van der Waals surface area contributed by atoms with Crippen LogP contribution >= 0.6 is 0 Å². The van der Waals surface area contributed by atoms with E-state index >= 15 is 0 Å². The Labute approximate surface area is 119 Å². The maximum absolute atomic E-state index is 6.24. The molecule has 0 unspecified atom stereocenters. The minimum atomic E-state index is 0.477. The van der Waals surface area contributed by atoms with Crippen LogP contribution in [0, 0.1) is 12.3 Å². The summed E-state index contributed by atoms with van der Waals surface area (Å²) >= 11 is 0. The number of nitrogen functional groups attached to an aromatic ring is 1. The lowest BCUT2D eigenvalue weighted by molar-refractivity contribution is 0.769. The molecule has 0 spiro atoms. The molecule has 0 amide bonds. The Kier molecular flexibility index (Phi) is 3.23. The number of benzene rings is 1. The van der Waals surface area contributed by atoms with Crippen molar-refractivity contribution in [3.63, 3.8) is 0 Å². The van der Waals surface area contributed by atoms with E-state index in [1.165, 1.54) is 18.4 Å². The maximum atomic E-state index is 6.24. The minimum Gasteiger partial charge on any atom is -0.383 e. The zero-order valence-corrected chi connectivity index (χ0v) is 11.8. The summed E-state index contributed by atoms with van der Waals surface area (Å²) in [6, 6.07) is 8.57. The summed E-state index contributed by atoms with van der Waals surface area (Å²) in [5.41, 5.74) is 9.59. The van der Waals surface area contributed by atoms with Gasteiger partial charge in [-0.15, -0.1) is 6.42 Å². The van der Waals surface area contributed by atoms with Crippen molar-refractivity contribution in [2.24, 2.45) is 0 Å². The quantitative estimate of drug-likeness (QED) is 0.863. The van der Waals surface area contributed by atoms with Gasteiger partial charge in [-0.05, 0) is 30.4 Å². The molecular weight excluding hydrogens is 246 g/mol. The zero-order chi connectivity index (χ0) is 14.1. The molecule has 0 aliphatic heterocycles. The van der Waals surface area contributed by atoms with Crippen molar-refractivity contribution in [2.75, 3.05) is 5.73 Å². The van der Waals surface area contributed by atoms with Crippen LogP contribution in [0.15, 0.2) is 24.3 Å². The van der Waals surface area contributed by atoms with Crippen LogP contribution in [0.2, 0.25) is 0 Å². The predicted molar refractivity (Wildman–Crippen MR) is 82.3 cm³/mol. The average Bonchev–Trinajstić information content (AvgIpc) is 3.27. The number of nitrogens with zero attached hydrogens (tertiary/aromatic N) is 2. The highest BCUT2D eigenvalue weighted by Gasteiger charge is 2.24. The molecular formula is C17H19N3. The van der Waals surface area contributed by atoms with Gasteiger partial charge in [0.25, 0.3) is 0 Å². The van der Waals surface area contributed by atoms with E-state index in [1.54, 1.807) is 0 Å². The van der Waals surface area contributed by atoms with E-state index in [9.17, 15) is 0 Å². The zero-order valence-electron chi connectivity index (χ0n) is 11.8. The molecule has 2 aromatic rings. The molecule has 0 radical (unpaired) electrons. The molecule has 1 fully saturated rings. The van der Waals surface area contributed by atoms with Crippen LogP contribution in [0.25, 0.3) is 11.3 Å². The summed E-state index contributed by atoms with van der Waals surface area (Å²) in [5, 5.41) is 0. The smallest absolute Gasteiger partial charge is 0.132 e. The molecule has 0 saturated heterocycles. The Bertz CT molecular complexity index is 672. The fraction of sp³-hybridized carbons (Fsp3) is 0.353. The van der Waals surface area contributed by atoms with Gasteiger partial charge in [-0.1, -0.05) is 31.0 Å². The summed E-state index contributed by atoms with van der Waals surface area (Å²) in [4.78, 5) is 4.68. The van der Waals surface area contributed by atoms with Gasteiger partial charge >= 0.3 is 0 Å². The molecule has 0 atom stereocenters. The summed E-state index contributed by atoms with van der Waals surface area (Å²) in [6.07, 6.45) is 8.84. The van der Waals surface area contributed by atoms with Crippen molar-refractivity contribution in [2.45, 2.75) is 38.6 Å². The highest BCUT2D eigenvalue weighted by molar-refractivity contribution is 5.71. The summed E-state index contributed by atoms with van der Waals surface area (Å²) in [6.45, 7) is 2.55. The molecule has 1 aromatic carbocycles. The summed E-state index contributed by atoms with van der Waals surface area (Å²) < 4.78 is 1.93. The molecule has 3 heteroatoms. The number of nitrogens with two attached hydrogens (primary N) is 1. The van der Waals surface area contributed by atoms with E-state index in [2.05, 4.69) is 42.1 Å². The second kappa shape index (κ2) is 5.05. The Morgan fingerprint density at radius 1 is 1.45 bits per heavy atom. The molecule has 3 rings (SSSR count). The van der Waals surface area contributed by atoms with Crippen molar-refractivity contribution in [1.29, 1.82) is 0 Å². The maximum Gasteiger partial charge on any atom is 0.132 e. The normalized spacial score (nSPS) is 14.2. The Morgan fingerprint density at radius 3 is 2.90 bits per heavy atom. The number of aromatic nitrogens is 2. The van der Waals surface area contributed by atoms with Crippen molar-refractivity contribution >= 4 is 5.82 Å². The number of anilines is 1. The van der Waals surface area contributed by atoms with Crippen LogP contribution in [0.5, 0.6) is 0 Å². The fourth-order valence-electron chi connectivity index (χ4n) is 2.62. The van der Waals surface area contributed by atoms with E-state index in [1.807, 2.05) is 4.57 Å². The highest BCUT2D eigenvalue weighted by Crippen LogP contribution is 2.41. The molecule has 1 heterocycles. The third kappa shape index (κ3) is 2.18. The first kappa shape index (κ1) is 12.8. The Hall–Kier alpha value is -2.21. The number of rotatable bonds is 4. The van der Waals surface area contributed by atoms with Gasteiger partial charge in [0.1, 0.15) is 17.3 Å². The van der Waals surface area contributed by atoms with E-state index in [4.69, 9.17) is 12.2 Å². The van der Waals surface area contributed by atoms with E-state index in [0.717, 1.165) is 29.4 Å². The lowest BCUT2D eigenvalue weighted by Crippen LogP contribution is -2.05. The number of hydrogen-bond donors (Lipinski definition) is 1. The van der Waals surface area contributed by atoms with Crippen molar-refractivity contribution in [3.05, 3.63) is 35.7 Å². The highest BCUT2D eigenvalue weighted by atomic mass is 15.1. The lowest BCUT2D eigenvalue weighted by Gasteiger charge is -2.05. The number of hydrogen-bond acceptors (Lipinski definition) is 2. The third-order valence-corrected chi connectivity index (χ3v) is 3.86. The fourth-order valence-corrected chi connectivity index (χ4v) is 2.62. The molecule has 20 heavy (non-hydrogen) atoms. The first-order valence-corrected chi connectivity index (χ1v) is 7.13. The standard InChI is InChI=1S/C17H19N3/c1-3-10-20-15(4-2)19-16(17(20)18)14-7-5-6-13(11-14)12-8-9-12/h1,5-7,11-12H,4,8-10,18H2,2H3. The van der Waals surface area contributed by atoms with Gasteiger partial charge in [-0.3, -0.25) is 0 Å². The molecule has 3 nitrogen and oxygen atoms in total. The molecule has 1 aliphatic carbocycles. The third-order valence-electron chi connectivity index (χ3n) is 3.86. The molecule has 102 valence electrons. The van der Waals surface area contributed by atoms with Crippen LogP contribution in [0.1, 0.15) is 37.1 Å². The topological polar surface area (TPSA) is 43.8 Å². The summed E-state index contributed by atoms with van der Waals surface area (Å²) in [7, 11) is 0. The van der Waals surface area contributed by atoms with Gasteiger partial charge in [0.2, 0.25) is 0 Å². The van der Waals surface area contributed by atoms with Gasteiger partial charge in [-0.2, -0.15) is 0 Å². The Balaban J connectivity index is 2.05. The molecule has 1 aromatic heterocycles. The van der Waals surface area contributed by atoms with E-state index in [0.29, 0.717) is 12.4 Å². The first-order chi connectivity index (χ1) is 9.74. The first-order valence-electron chi connectivity index (χ1n) is 7.13. The second-order valence-corrected chi connectivity index (χ2v) is 5.31. The number of terminal acetylenes is 1. The number of imidazole rings is 1. The van der Waals surface area contributed by atoms with Crippen LogP contribution in [-0.4, -0.2) is 9.55 Å². The molecule has 1 aliphatic rings. The van der Waals surface area contributed by atoms with Crippen molar-refractivity contribution < 1.29 is 0 Å². The minimum absolute atomic E-state index is 0.477. The average molecular weight is 265 g/mol. The van der Waals surface area contributed by atoms with Crippen LogP contribution in [0.3, 0.4) is 0 Å². The van der Waals surface area contributed by atoms with E-state index < -0.39 is 0 Å². The van der Waals surface area contributed by atoms with Gasteiger partial charge in [0.15, 0.2) is 0 Å². The van der Waals surface area contributed by atoms with Gasteiger partial charge in [0.05, 0.1) is 6.54 Å². The summed E-state index contributed by atoms with van der Waals surface area (Å²) in [5.74, 6) is 5.00. The van der Waals surface area contributed by atoms with Crippen molar-refractivity contribution in [3.8, 4) is 23.6 Å².